The number of nitrogens with two attached hydrogens (primary N) is 1. The van der Waals surface area contributed by atoms with Crippen molar-refractivity contribution in [3.8, 4) is 5.75 Å². The molecule has 26 heavy (non-hydrogen) atoms. The minimum Gasteiger partial charge on any atom is -0.484 e. The normalized spacial score (nSPS) is 10.9. The summed E-state index contributed by atoms with van der Waals surface area (Å²) < 4.78 is 41.2. The van der Waals surface area contributed by atoms with E-state index in [2.05, 4.69) is 15.4 Å². The van der Waals surface area contributed by atoms with Crippen LogP contribution in [0.4, 0.5) is 23.7 Å². The van der Waals surface area contributed by atoms with Crippen LogP contribution in [-0.2, 0) is 6.54 Å². The molecule has 0 unspecified atom stereocenters. The van der Waals surface area contributed by atoms with Crippen molar-refractivity contribution >= 4 is 17.6 Å². The highest BCUT2D eigenvalue weighted by molar-refractivity contribution is 5.96. The smallest absolute Gasteiger partial charge is 0.422 e. The maximum atomic E-state index is 12.2. The number of anilines is 1. The number of hydrogen-bond donors (Lipinski definition) is 3. The van der Waals surface area contributed by atoms with Crippen LogP contribution in [0.15, 0.2) is 48.5 Å². The maximum absolute atomic E-state index is 12.2. The van der Waals surface area contributed by atoms with Crippen molar-refractivity contribution in [2.75, 3.05) is 11.9 Å². The van der Waals surface area contributed by atoms with E-state index in [9.17, 15) is 22.8 Å². The van der Waals surface area contributed by atoms with Gasteiger partial charge in [-0.05, 0) is 35.9 Å². The van der Waals surface area contributed by atoms with E-state index in [0.29, 0.717) is 16.8 Å². The third-order valence-electron chi connectivity index (χ3n) is 3.15. The monoisotopic (exact) mass is 367 g/mol. The lowest BCUT2D eigenvalue weighted by molar-refractivity contribution is -0.153. The number of rotatable bonds is 6. The molecule has 0 fully saturated rings. The zero-order valence-electron chi connectivity index (χ0n) is 13.5. The largest absolute Gasteiger partial charge is 0.484 e. The Bertz CT molecular complexity index is 794. The fourth-order valence-corrected chi connectivity index (χ4v) is 2.08. The SMILES string of the molecule is NC(=O)Nc1cccc(C(=O)NCc2cccc(OCC(F)(F)F)c2)c1. The van der Waals surface area contributed by atoms with Crippen LogP contribution in [0, 0.1) is 0 Å². The number of primary amides is 1. The molecule has 0 aliphatic rings. The van der Waals surface area contributed by atoms with Crippen molar-refractivity contribution in [3.05, 3.63) is 59.7 Å². The van der Waals surface area contributed by atoms with Gasteiger partial charge in [-0.3, -0.25) is 4.79 Å². The Labute approximate surface area is 147 Å². The molecule has 0 atom stereocenters. The van der Waals surface area contributed by atoms with E-state index in [1.807, 2.05) is 0 Å². The van der Waals surface area contributed by atoms with E-state index in [1.54, 1.807) is 24.3 Å². The molecular weight excluding hydrogens is 351 g/mol. The van der Waals surface area contributed by atoms with Gasteiger partial charge in [-0.1, -0.05) is 18.2 Å². The summed E-state index contributed by atoms with van der Waals surface area (Å²) in [6, 6.07) is 11.4. The van der Waals surface area contributed by atoms with Gasteiger partial charge in [0.15, 0.2) is 6.61 Å². The summed E-state index contributed by atoms with van der Waals surface area (Å²) in [7, 11) is 0. The molecule has 0 aliphatic heterocycles. The Morgan fingerprint density at radius 2 is 1.81 bits per heavy atom. The molecule has 2 aromatic carbocycles. The average molecular weight is 367 g/mol. The molecule has 2 aromatic rings. The number of ether oxygens (including phenoxy) is 1. The van der Waals surface area contributed by atoms with Crippen molar-refractivity contribution in [1.82, 2.24) is 5.32 Å². The summed E-state index contributed by atoms with van der Waals surface area (Å²) in [5.41, 5.74) is 6.25. The summed E-state index contributed by atoms with van der Waals surface area (Å²) in [4.78, 5) is 23.0. The lowest BCUT2D eigenvalue weighted by atomic mass is 10.1. The van der Waals surface area contributed by atoms with E-state index in [1.165, 1.54) is 24.3 Å². The van der Waals surface area contributed by atoms with E-state index in [4.69, 9.17) is 5.73 Å². The predicted molar refractivity (Wildman–Crippen MR) is 88.8 cm³/mol. The first-order valence-electron chi connectivity index (χ1n) is 7.46. The average Bonchev–Trinajstić information content (AvgIpc) is 2.57. The third-order valence-corrected chi connectivity index (χ3v) is 3.15. The molecule has 0 bridgehead atoms. The van der Waals surface area contributed by atoms with E-state index in [0.717, 1.165) is 0 Å². The molecule has 0 heterocycles. The summed E-state index contributed by atoms with van der Waals surface area (Å²) in [6.45, 7) is -1.29. The lowest BCUT2D eigenvalue weighted by Gasteiger charge is -2.11. The molecule has 3 amide bonds. The first kappa shape index (κ1) is 19.1. The van der Waals surface area contributed by atoms with Gasteiger partial charge in [-0.15, -0.1) is 0 Å². The molecular formula is C17H16F3N3O3. The van der Waals surface area contributed by atoms with Crippen LogP contribution in [0.3, 0.4) is 0 Å². The van der Waals surface area contributed by atoms with Gasteiger partial charge in [-0.2, -0.15) is 13.2 Å². The molecule has 9 heteroatoms. The number of hydrogen-bond acceptors (Lipinski definition) is 3. The predicted octanol–water partition coefficient (Wildman–Crippen LogP) is 3.05. The number of alkyl halides is 3. The van der Waals surface area contributed by atoms with Gasteiger partial charge in [0.2, 0.25) is 0 Å². The van der Waals surface area contributed by atoms with Crippen molar-refractivity contribution in [2.45, 2.75) is 12.7 Å². The fourth-order valence-electron chi connectivity index (χ4n) is 2.08. The van der Waals surface area contributed by atoms with E-state index >= 15 is 0 Å². The molecule has 0 aliphatic carbocycles. The topological polar surface area (TPSA) is 93.5 Å². The van der Waals surface area contributed by atoms with Crippen molar-refractivity contribution in [3.63, 3.8) is 0 Å². The second kappa shape index (κ2) is 8.24. The van der Waals surface area contributed by atoms with Crippen LogP contribution in [0.25, 0.3) is 0 Å². The minimum absolute atomic E-state index is 0.0572. The molecule has 0 saturated carbocycles. The highest BCUT2D eigenvalue weighted by Gasteiger charge is 2.28. The number of nitrogens with one attached hydrogen (secondary N) is 2. The maximum Gasteiger partial charge on any atom is 0.422 e. The van der Waals surface area contributed by atoms with Crippen molar-refractivity contribution in [2.24, 2.45) is 5.73 Å². The van der Waals surface area contributed by atoms with E-state index in [-0.39, 0.29) is 12.3 Å². The molecule has 0 spiro atoms. The van der Waals surface area contributed by atoms with Crippen molar-refractivity contribution in [1.29, 1.82) is 0 Å². The van der Waals surface area contributed by atoms with Crippen LogP contribution >= 0.6 is 0 Å². The van der Waals surface area contributed by atoms with Gasteiger partial charge in [0.25, 0.3) is 5.91 Å². The molecule has 0 saturated heterocycles. The number of urea groups is 1. The van der Waals surface area contributed by atoms with Crippen LogP contribution in [0.1, 0.15) is 15.9 Å². The number of benzene rings is 2. The second-order valence-corrected chi connectivity index (χ2v) is 5.30. The Morgan fingerprint density at radius 3 is 2.50 bits per heavy atom. The first-order chi connectivity index (χ1) is 12.2. The summed E-state index contributed by atoms with van der Waals surface area (Å²) in [6.07, 6.45) is -4.42. The summed E-state index contributed by atoms with van der Waals surface area (Å²) >= 11 is 0. The number of carbonyl (C=O) groups excluding carboxylic acids is 2. The molecule has 0 radical (unpaired) electrons. The summed E-state index contributed by atoms with van der Waals surface area (Å²) in [5, 5.41) is 4.99. The second-order valence-electron chi connectivity index (χ2n) is 5.30. The Balaban J connectivity index is 1.96. The minimum atomic E-state index is -4.42. The molecule has 6 nitrogen and oxygen atoms in total. The van der Waals surface area contributed by atoms with Gasteiger partial charge < -0.3 is 21.1 Å². The van der Waals surface area contributed by atoms with E-state index < -0.39 is 24.7 Å². The first-order valence-corrected chi connectivity index (χ1v) is 7.46. The van der Waals surface area contributed by atoms with Crippen LogP contribution in [0.2, 0.25) is 0 Å². The number of amides is 3. The standard InChI is InChI=1S/C17H16F3N3O3/c18-17(19,20)10-26-14-6-1-3-11(7-14)9-22-15(24)12-4-2-5-13(8-12)23-16(21)25/h1-8H,9-10H2,(H,22,24)(H3,21,23,25). The lowest BCUT2D eigenvalue weighted by Crippen LogP contribution is -2.23. The van der Waals surface area contributed by atoms with Gasteiger partial charge >= 0.3 is 12.2 Å². The zero-order valence-corrected chi connectivity index (χ0v) is 13.5. The third kappa shape index (κ3) is 6.34. The molecule has 0 aromatic heterocycles. The van der Waals surface area contributed by atoms with Gasteiger partial charge in [0.1, 0.15) is 5.75 Å². The Morgan fingerprint density at radius 1 is 1.08 bits per heavy atom. The Kier molecular flexibility index (Phi) is 6.05. The van der Waals surface area contributed by atoms with Gasteiger partial charge in [0, 0.05) is 17.8 Å². The van der Waals surface area contributed by atoms with Crippen LogP contribution < -0.4 is 21.1 Å². The highest BCUT2D eigenvalue weighted by atomic mass is 19.4. The molecule has 2 rings (SSSR count). The van der Waals surface area contributed by atoms with Crippen LogP contribution in [-0.4, -0.2) is 24.7 Å². The molecule has 138 valence electrons. The van der Waals surface area contributed by atoms with Crippen molar-refractivity contribution < 1.29 is 27.5 Å². The fraction of sp³-hybridized carbons (Fsp3) is 0.176. The quantitative estimate of drug-likeness (QED) is 0.733. The van der Waals surface area contributed by atoms with Gasteiger partial charge in [-0.25, -0.2) is 4.79 Å². The number of halogens is 3. The number of carbonyl (C=O) groups is 2. The summed E-state index contributed by atoms with van der Waals surface area (Å²) in [5.74, 6) is -0.360. The highest BCUT2D eigenvalue weighted by Crippen LogP contribution is 2.19. The zero-order chi connectivity index (χ0) is 19.2. The molecule has 4 N–H and O–H groups in total. The Hall–Kier alpha value is -3.23. The van der Waals surface area contributed by atoms with Crippen LogP contribution in [0.5, 0.6) is 5.75 Å². The van der Waals surface area contributed by atoms with Gasteiger partial charge in [0.05, 0.1) is 0 Å².